The second kappa shape index (κ2) is 7.54. The highest BCUT2D eigenvalue weighted by atomic mass is 16.5. The molecular formula is C24H36O2. The first kappa shape index (κ1) is 18.3. The average molecular weight is 357 g/mol. The zero-order valence-corrected chi connectivity index (χ0v) is 16.6. The summed E-state index contributed by atoms with van der Waals surface area (Å²) in [6.45, 7) is 2.26. The lowest BCUT2D eigenvalue weighted by molar-refractivity contribution is -0.104. The van der Waals surface area contributed by atoms with Gasteiger partial charge in [0.15, 0.2) is 0 Å². The van der Waals surface area contributed by atoms with Crippen LogP contribution >= 0.6 is 0 Å². The molecule has 0 spiro atoms. The lowest BCUT2D eigenvalue weighted by Gasteiger charge is -2.61. The SMILES string of the molecule is CCCCCCC(O)C1C2CC3CC1CC(c1ccc(OC)cc1)(C3)C2. The molecule has 4 bridgehead atoms. The number of aliphatic hydroxyl groups is 1. The Labute approximate surface area is 159 Å². The molecule has 0 aliphatic heterocycles. The van der Waals surface area contributed by atoms with Crippen molar-refractivity contribution in [2.75, 3.05) is 7.11 Å². The maximum Gasteiger partial charge on any atom is 0.118 e. The molecule has 3 unspecified atom stereocenters. The summed E-state index contributed by atoms with van der Waals surface area (Å²) in [4.78, 5) is 0. The van der Waals surface area contributed by atoms with E-state index in [9.17, 15) is 5.11 Å². The van der Waals surface area contributed by atoms with Gasteiger partial charge in [0.25, 0.3) is 0 Å². The number of rotatable bonds is 8. The Balaban J connectivity index is 1.47. The van der Waals surface area contributed by atoms with Crippen molar-refractivity contribution in [3.63, 3.8) is 0 Å². The van der Waals surface area contributed by atoms with Crippen LogP contribution in [0.25, 0.3) is 0 Å². The standard InChI is InChI=1S/C24H36O2/c1-3-4-5-6-7-22(25)23-18-12-17-13-19(23)16-24(14-17,15-18)20-8-10-21(26-2)11-9-20/h8-11,17-19,22-23,25H,3-7,12-16H2,1-2H3. The first-order valence-corrected chi connectivity index (χ1v) is 11.0. The van der Waals surface area contributed by atoms with E-state index in [4.69, 9.17) is 4.74 Å². The van der Waals surface area contributed by atoms with Gasteiger partial charge in [0, 0.05) is 0 Å². The van der Waals surface area contributed by atoms with Gasteiger partial charge in [-0.2, -0.15) is 0 Å². The van der Waals surface area contributed by atoms with Gasteiger partial charge in [-0.1, -0.05) is 44.7 Å². The maximum absolute atomic E-state index is 11.0. The fourth-order valence-electron chi connectivity index (χ4n) is 6.96. The van der Waals surface area contributed by atoms with E-state index in [0.29, 0.717) is 11.3 Å². The van der Waals surface area contributed by atoms with E-state index in [1.165, 1.54) is 63.4 Å². The summed E-state index contributed by atoms with van der Waals surface area (Å²) in [6, 6.07) is 8.88. The van der Waals surface area contributed by atoms with Crippen molar-refractivity contribution in [3.8, 4) is 5.75 Å². The van der Waals surface area contributed by atoms with Crippen LogP contribution in [0, 0.1) is 23.7 Å². The number of benzene rings is 1. The van der Waals surface area contributed by atoms with Gasteiger partial charge in [-0.3, -0.25) is 0 Å². The zero-order valence-electron chi connectivity index (χ0n) is 16.6. The van der Waals surface area contributed by atoms with Crippen LogP contribution in [-0.2, 0) is 5.41 Å². The minimum atomic E-state index is -0.0604. The molecule has 4 aliphatic carbocycles. The van der Waals surface area contributed by atoms with Gasteiger partial charge in [0.2, 0.25) is 0 Å². The summed E-state index contributed by atoms with van der Waals surface area (Å²) in [7, 11) is 1.74. The summed E-state index contributed by atoms with van der Waals surface area (Å²) in [5.74, 6) is 3.89. The molecule has 0 saturated heterocycles. The van der Waals surface area contributed by atoms with Crippen LogP contribution in [0.2, 0.25) is 0 Å². The van der Waals surface area contributed by atoms with Gasteiger partial charge in [0.1, 0.15) is 5.75 Å². The molecule has 26 heavy (non-hydrogen) atoms. The molecule has 3 atom stereocenters. The second-order valence-corrected chi connectivity index (χ2v) is 9.47. The monoisotopic (exact) mass is 356 g/mol. The van der Waals surface area contributed by atoms with Gasteiger partial charge in [-0.05, 0) is 85.3 Å². The fraction of sp³-hybridized carbons (Fsp3) is 0.750. The van der Waals surface area contributed by atoms with Crippen molar-refractivity contribution >= 4 is 0 Å². The molecule has 1 aromatic carbocycles. The Morgan fingerprint density at radius 2 is 1.73 bits per heavy atom. The van der Waals surface area contributed by atoms with E-state index < -0.39 is 0 Å². The largest absolute Gasteiger partial charge is 0.497 e. The molecule has 2 nitrogen and oxygen atoms in total. The number of ether oxygens (including phenoxy) is 1. The minimum Gasteiger partial charge on any atom is -0.497 e. The predicted molar refractivity (Wildman–Crippen MR) is 106 cm³/mol. The summed E-state index contributed by atoms with van der Waals surface area (Å²) >= 11 is 0. The third-order valence-corrected chi connectivity index (χ3v) is 7.85. The molecular weight excluding hydrogens is 320 g/mol. The molecule has 4 aliphatic rings. The highest BCUT2D eigenvalue weighted by Gasteiger charge is 2.56. The van der Waals surface area contributed by atoms with Crippen molar-refractivity contribution in [1.29, 1.82) is 0 Å². The highest BCUT2D eigenvalue weighted by Crippen LogP contribution is 2.63. The normalized spacial score (nSPS) is 36.3. The minimum absolute atomic E-state index is 0.0604. The quantitative estimate of drug-likeness (QED) is 0.604. The Hall–Kier alpha value is -1.02. The number of unbranched alkanes of at least 4 members (excludes halogenated alkanes) is 3. The first-order valence-electron chi connectivity index (χ1n) is 11.0. The third-order valence-electron chi connectivity index (χ3n) is 7.85. The molecule has 4 fully saturated rings. The van der Waals surface area contributed by atoms with Crippen LogP contribution in [0.15, 0.2) is 24.3 Å². The Morgan fingerprint density at radius 3 is 2.35 bits per heavy atom. The molecule has 4 saturated carbocycles. The molecule has 0 radical (unpaired) electrons. The van der Waals surface area contributed by atoms with Gasteiger partial charge >= 0.3 is 0 Å². The van der Waals surface area contributed by atoms with Gasteiger partial charge in [-0.25, -0.2) is 0 Å². The van der Waals surface area contributed by atoms with Crippen LogP contribution < -0.4 is 4.74 Å². The van der Waals surface area contributed by atoms with Gasteiger partial charge in [-0.15, -0.1) is 0 Å². The number of hydrogen-bond donors (Lipinski definition) is 1. The van der Waals surface area contributed by atoms with E-state index in [2.05, 4.69) is 31.2 Å². The lowest BCUT2D eigenvalue weighted by Crippen LogP contribution is -2.55. The summed E-state index contributed by atoms with van der Waals surface area (Å²) < 4.78 is 5.36. The fourth-order valence-corrected chi connectivity index (χ4v) is 6.96. The Kier molecular flexibility index (Phi) is 5.32. The van der Waals surface area contributed by atoms with Crippen LogP contribution in [0.1, 0.15) is 76.7 Å². The first-order chi connectivity index (χ1) is 12.6. The Morgan fingerprint density at radius 1 is 1.04 bits per heavy atom. The summed E-state index contributed by atoms with van der Waals surface area (Å²) in [5, 5.41) is 11.0. The lowest BCUT2D eigenvalue weighted by atomic mass is 9.44. The molecule has 5 rings (SSSR count). The van der Waals surface area contributed by atoms with E-state index >= 15 is 0 Å². The predicted octanol–water partition coefficient (Wildman–Crippen LogP) is 5.72. The van der Waals surface area contributed by atoms with Crippen molar-refractivity contribution in [2.45, 2.75) is 82.7 Å². The van der Waals surface area contributed by atoms with Gasteiger partial charge < -0.3 is 9.84 Å². The summed E-state index contributed by atoms with van der Waals surface area (Å²) in [5.41, 5.74) is 1.90. The maximum atomic E-state index is 11.0. The van der Waals surface area contributed by atoms with Gasteiger partial charge in [0.05, 0.1) is 13.2 Å². The van der Waals surface area contributed by atoms with E-state index in [1.807, 2.05) is 0 Å². The van der Waals surface area contributed by atoms with E-state index in [0.717, 1.165) is 29.9 Å². The molecule has 1 N–H and O–H groups in total. The van der Waals surface area contributed by atoms with E-state index in [1.54, 1.807) is 7.11 Å². The van der Waals surface area contributed by atoms with E-state index in [-0.39, 0.29) is 6.10 Å². The van der Waals surface area contributed by atoms with Crippen molar-refractivity contribution < 1.29 is 9.84 Å². The molecule has 0 aromatic heterocycles. The molecule has 0 heterocycles. The number of hydrogen-bond acceptors (Lipinski definition) is 2. The molecule has 2 heteroatoms. The molecule has 144 valence electrons. The second-order valence-electron chi connectivity index (χ2n) is 9.47. The molecule has 0 amide bonds. The van der Waals surface area contributed by atoms with Crippen LogP contribution in [0.4, 0.5) is 0 Å². The Bertz CT molecular complexity index is 577. The smallest absolute Gasteiger partial charge is 0.118 e. The third kappa shape index (κ3) is 3.30. The van der Waals surface area contributed by atoms with Crippen molar-refractivity contribution in [1.82, 2.24) is 0 Å². The zero-order chi connectivity index (χ0) is 18.1. The van der Waals surface area contributed by atoms with Crippen LogP contribution in [0.3, 0.4) is 0 Å². The molecule has 1 aromatic rings. The highest BCUT2D eigenvalue weighted by molar-refractivity contribution is 5.35. The van der Waals surface area contributed by atoms with Crippen LogP contribution in [-0.4, -0.2) is 18.3 Å². The van der Waals surface area contributed by atoms with Crippen molar-refractivity contribution in [3.05, 3.63) is 29.8 Å². The number of aliphatic hydroxyl groups excluding tert-OH is 1. The summed E-state index contributed by atoms with van der Waals surface area (Å²) in [6.07, 6.45) is 12.7. The number of methoxy groups -OCH3 is 1. The van der Waals surface area contributed by atoms with Crippen LogP contribution in [0.5, 0.6) is 5.75 Å². The topological polar surface area (TPSA) is 29.5 Å². The van der Waals surface area contributed by atoms with Crippen molar-refractivity contribution in [2.24, 2.45) is 23.7 Å². The average Bonchev–Trinajstić information content (AvgIpc) is 2.64.